The zero-order valence-corrected chi connectivity index (χ0v) is 9.90. The van der Waals surface area contributed by atoms with E-state index in [9.17, 15) is 14.0 Å². The fourth-order valence-corrected chi connectivity index (χ4v) is 1.36. The molecule has 7 nitrogen and oxygen atoms in total. The molecule has 0 saturated heterocycles. The highest BCUT2D eigenvalue weighted by atomic mass is 19.1. The second-order valence-electron chi connectivity index (χ2n) is 4.06. The maximum absolute atomic E-state index is 12.6. The molecule has 0 aliphatic heterocycles. The van der Waals surface area contributed by atoms with Crippen molar-refractivity contribution >= 4 is 23.0 Å². The van der Waals surface area contributed by atoms with E-state index in [-0.39, 0.29) is 28.9 Å². The lowest BCUT2D eigenvalue weighted by molar-refractivity contribution is -0.118. The van der Waals surface area contributed by atoms with Crippen LogP contribution in [-0.4, -0.2) is 25.4 Å². The summed E-state index contributed by atoms with van der Waals surface area (Å²) in [4.78, 5) is 33.2. The standard InChI is InChI=1S/C10H12FN5O2/c1-5(2)8(17)14-10-13-7-6(9(18)15-10)12-4-16(7)3-11/h4-5H,3H2,1-2H3,(H2,13,14,15,17,18). The molecule has 0 aromatic carbocycles. The Kier molecular flexibility index (Phi) is 3.09. The molecule has 2 heterocycles. The van der Waals surface area contributed by atoms with E-state index in [0.717, 1.165) is 4.57 Å². The monoisotopic (exact) mass is 253 g/mol. The number of alkyl halides is 1. The summed E-state index contributed by atoms with van der Waals surface area (Å²) < 4.78 is 13.7. The predicted octanol–water partition coefficient (Wildman–Crippen LogP) is 0.641. The lowest BCUT2D eigenvalue weighted by Crippen LogP contribution is -2.22. The molecule has 0 bridgehead atoms. The van der Waals surface area contributed by atoms with Crippen molar-refractivity contribution in [2.75, 3.05) is 5.32 Å². The third kappa shape index (κ3) is 2.08. The van der Waals surface area contributed by atoms with Gasteiger partial charge in [-0.25, -0.2) is 9.37 Å². The van der Waals surface area contributed by atoms with Crippen LogP contribution < -0.4 is 10.9 Å². The maximum Gasteiger partial charge on any atom is 0.280 e. The number of anilines is 1. The zero-order valence-electron chi connectivity index (χ0n) is 9.90. The Balaban J connectivity index is 2.47. The topological polar surface area (TPSA) is 92.7 Å². The number of nitrogens with zero attached hydrogens (tertiary/aromatic N) is 3. The van der Waals surface area contributed by atoms with Gasteiger partial charge in [0.2, 0.25) is 11.9 Å². The largest absolute Gasteiger partial charge is 0.296 e. The predicted molar refractivity (Wildman–Crippen MR) is 62.7 cm³/mol. The molecule has 8 heteroatoms. The van der Waals surface area contributed by atoms with E-state index in [0.29, 0.717) is 0 Å². The average molecular weight is 253 g/mol. The summed E-state index contributed by atoms with van der Waals surface area (Å²) in [6, 6.07) is 0. The summed E-state index contributed by atoms with van der Waals surface area (Å²) in [5.41, 5.74) is -0.387. The van der Waals surface area contributed by atoms with Crippen LogP contribution in [0.15, 0.2) is 11.1 Å². The van der Waals surface area contributed by atoms with Crippen LogP contribution in [0.5, 0.6) is 0 Å². The van der Waals surface area contributed by atoms with Gasteiger partial charge in [-0.15, -0.1) is 0 Å². The van der Waals surface area contributed by atoms with Crippen LogP contribution >= 0.6 is 0 Å². The number of aromatic nitrogens is 4. The summed E-state index contributed by atoms with van der Waals surface area (Å²) in [7, 11) is 0. The van der Waals surface area contributed by atoms with E-state index in [2.05, 4.69) is 20.3 Å². The molecular formula is C10H12FN5O2. The molecule has 0 fully saturated rings. The smallest absolute Gasteiger partial charge is 0.280 e. The molecule has 96 valence electrons. The van der Waals surface area contributed by atoms with Gasteiger partial charge in [-0.2, -0.15) is 4.98 Å². The normalized spacial score (nSPS) is 11.1. The van der Waals surface area contributed by atoms with Gasteiger partial charge in [0.15, 0.2) is 18.0 Å². The molecule has 2 rings (SSSR count). The van der Waals surface area contributed by atoms with E-state index in [1.165, 1.54) is 6.33 Å². The fraction of sp³-hybridized carbons (Fsp3) is 0.400. The number of hydrogen-bond acceptors (Lipinski definition) is 4. The van der Waals surface area contributed by atoms with Gasteiger partial charge in [0.05, 0.1) is 6.33 Å². The van der Waals surface area contributed by atoms with Crippen molar-refractivity contribution in [3.05, 3.63) is 16.7 Å². The number of rotatable bonds is 3. The molecule has 0 unspecified atom stereocenters. The Morgan fingerprint density at radius 2 is 2.33 bits per heavy atom. The third-order valence-electron chi connectivity index (χ3n) is 2.37. The molecule has 18 heavy (non-hydrogen) atoms. The van der Waals surface area contributed by atoms with E-state index < -0.39 is 12.4 Å². The van der Waals surface area contributed by atoms with E-state index in [1.54, 1.807) is 13.8 Å². The first-order chi connectivity index (χ1) is 8.52. The van der Waals surface area contributed by atoms with Crippen molar-refractivity contribution in [1.29, 1.82) is 0 Å². The summed E-state index contributed by atoms with van der Waals surface area (Å²) in [5, 5.41) is 2.45. The maximum atomic E-state index is 12.6. The van der Waals surface area contributed by atoms with Gasteiger partial charge < -0.3 is 0 Å². The van der Waals surface area contributed by atoms with E-state index in [1.807, 2.05) is 0 Å². The number of nitrogens with one attached hydrogen (secondary N) is 2. The minimum absolute atomic E-state index is 0.0126. The SMILES string of the molecule is CC(C)C(=O)Nc1nc2c(ncn2CF)c(=O)[nH]1. The van der Waals surface area contributed by atoms with Crippen molar-refractivity contribution in [3.8, 4) is 0 Å². The number of halogens is 1. The number of fused-ring (bicyclic) bond motifs is 1. The Bertz CT molecular complexity index is 645. The number of aromatic amines is 1. The molecule has 1 amide bonds. The molecule has 2 N–H and O–H groups in total. The zero-order chi connectivity index (χ0) is 13.3. The molecule has 0 saturated carbocycles. The summed E-state index contributed by atoms with van der Waals surface area (Å²) in [5.74, 6) is -0.553. The number of imidazole rings is 1. The first-order valence-electron chi connectivity index (χ1n) is 5.35. The van der Waals surface area contributed by atoms with Gasteiger partial charge in [-0.1, -0.05) is 13.8 Å². The van der Waals surface area contributed by atoms with Gasteiger partial charge in [-0.05, 0) is 0 Å². The van der Waals surface area contributed by atoms with Gasteiger partial charge in [0.25, 0.3) is 5.56 Å². The van der Waals surface area contributed by atoms with Crippen molar-refractivity contribution < 1.29 is 9.18 Å². The molecule has 0 atom stereocenters. The number of carbonyl (C=O) groups is 1. The summed E-state index contributed by atoms with van der Waals surface area (Å²) in [6.45, 7) is 2.57. The molecular weight excluding hydrogens is 241 g/mol. The van der Waals surface area contributed by atoms with Gasteiger partial charge in [-0.3, -0.25) is 24.5 Å². The molecule has 2 aromatic heterocycles. The van der Waals surface area contributed by atoms with Gasteiger partial charge in [0.1, 0.15) is 0 Å². The minimum atomic E-state index is -0.843. The lowest BCUT2D eigenvalue weighted by atomic mass is 10.2. The van der Waals surface area contributed by atoms with E-state index >= 15 is 0 Å². The van der Waals surface area contributed by atoms with Crippen LogP contribution in [0.1, 0.15) is 13.8 Å². The number of H-pyrrole nitrogens is 1. The van der Waals surface area contributed by atoms with Crippen molar-refractivity contribution in [1.82, 2.24) is 19.5 Å². The third-order valence-corrected chi connectivity index (χ3v) is 2.37. The number of carbonyl (C=O) groups excluding carboxylic acids is 1. The fourth-order valence-electron chi connectivity index (χ4n) is 1.36. The highest BCUT2D eigenvalue weighted by Gasteiger charge is 2.13. The summed E-state index contributed by atoms with van der Waals surface area (Å²) >= 11 is 0. The Morgan fingerprint density at radius 3 is 2.94 bits per heavy atom. The summed E-state index contributed by atoms with van der Waals surface area (Å²) in [6.07, 6.45) is 1.18. The highest BCUT2D eigenvalue weighted by Crippen LogP contribution is 2.08. The Labute approximate surface area is 101 Å². The lowest BCUT2D eigenvalue weighted by Gasteiger charge is -2.06. The minimum Gasteiger partial charge on any atom is -0.296 e. The molecule has 0 aliphatic carbocycles. The highest BCUT2D eigenvalue weighted by molar-refractivity contribution is 5.90. The molecule has 0 aliphatic rings. The van der Waals surface area contributed by atoms with Gasteiger partial charge >= 0.3 is 0 Å². The van der Waals surface area contributed by atoms with Crippen LogP contribution in [0, 0.1) is 5.92 Å². The van der Waals surface area contributed by atoms with Crippen LogP contribution in [-0.2, 0) is 11.6 Å². The second-order valence-corrected chi connectivity index (χ2v) is 4.06. The molecule has 0 spiro atoms. The van der Waals surface area contributed by atoms with Crippen LogP contribution in [0.4, 0.5) is 10.3 Å². The molecule has 0 radical (unpaired) electrons. The van der Waals surface area contributed by atoms with Crippen molar-refractivity contribution in [2.45, 2.75) is 20.6 Å². The Hall–Kier alpha value is -2.25. The number of hydrogen-bond donors (Lipinski definition) is 2. The molecule has 2 aromatic rings. The number of amides is 1. The van der Waals surface area contributed by atoms with Gasteiger partial charge in [0, 0.05) is 5.92 Å². The first-order valence-corrected chi connectivity index (χ1v) is 5.35. The van der Waals surface area contributed by atoms with Crippen LogP contribution in [0.2, 0.25) is 0 Å². The second kappa shape index (κ2) is 4.55. The first kappa shape index (κ1) is 12.2. The van der Waals surface area contributed by atoms with Crippen LogP contribution in [0.25, 0.3) is 11.2 Å². The van der Waals surface area contributed by atoms with E-state index in [4.69, 9.17) is 0 Å². The van der Waals surface area contributed by atoms with Crippen LogP contribution in [0.3, 0.4) is 0 Å². The quantitative estimate of drug-likeness (QED) is 0.839. The Morgan fingerprint density at radius 1 is 1.61 bits per heavy atom. The van der Waals surface area contributed by atoms with Crippen molar-refractivity contribution in [3.63, 3.8) is 0 Å². The average Bonchev–Trinajstić information content (AvgIpc) is 2.72. The van der Waals surface area contributed by atoms with Crippen molar-refractivity contribution in [2.24, 2.45) is 5.92 Å².